The number of hydrogen-bond acceptors (Lipinski definition) is 8. The number of para-hydroxylation sites is 1. The van der Waals surface area contributed by atoms with E-state index < -0.39 is 23.4 Å². The molecular weight excluding hydrogens is 538 g/mol. The lowest BCUT2D eigenvalue weighted by Crippen LogP contribution is -2.50. The predicted molar refractivity (Wildman–Crippen MR) is 158 cm³/mol. The van der Waals surface area contributed by atoms with Crippen molar-refractivity contribution in [3.8, 4) is 17.2 Å². The highest BCUT2D eigenvalue weighted by Gasteiger charge is 2.36. The molecule has 0 spiro atoms. The molecule has 0 fully saturated rings. The third kappa shape index (κ3) is 6.35. The zero-order valence-corrected chi connectivity index (χ0v) is 24.8. The summed E-state index contributed by atoms with van der Waals surface area (Å²) < 4.78 is 18.1. The summed E-state index contributed by atoms with van der Waals surface area (Å²) in [5.74, 6) is -0.143. The lowest BCUT2D eigenvalue weighted by atomic mass is 9.99. The molecule has 1 aromatic heterocycles. The van der Waals surface area contributed by atoms with E-state index in [2.05, 4.69) is 15.6 Å². The number of nitrogens with zero attached hydrogens (tertiary/aromatic N) is 4. The van der Waals surface area contributed by atoms with E-state index in [-0.39, 0.29) is 12.3 Å². The molecule has 0 unspecified atom stereocenters. The molecule has 1 atom stereocenters. The summed E-state index contributed by atoms with van der Waals surface area (Å²) in [6.45, 7) is 6.76. The zero-order valence-electron chi connectivity index (χ0n) is 24.8. The largest absolute Gasteiger partial charge is 0.493 e. The number of fused-ring (bicyclic) bond motifs is 1. The Hall–Kier alpha value is -4.93. The fourth-order valence-corrected chi connectivity index (χ4v) is 4.67. The van der Waals surface area contributed by atoms with Gasteiger partial charge in [-0.05, 0) is 69.7 Å². The van der Waals surface area contributed by atoms with Crippen molar-refractivity contribution in [2.75, 3.05) is 26.2 Å². The van der Waals surface area contributed by atoms with E-state index in [1.54, 1.807) is 42.5 Å². The average Bonchev–Trinajstić information content (AvgIpc) is 3.36. The third-order valence-corrected chi connectivity index (χ3v) is 6.51. The summed E-state index contributed by atoms with van der Waals surface area (Å²) in [7, 11) is 4.43. The number of Topliss-reactive ketones (excluding diaryl/α,β-unsaturated/α-hetero) is 1. The molecule has 0 saturated heterocycles. The van der Waals surface area contributed by atoms with E-state index in [1.165, 1.54) is 37.8 Å². The Morgan fingerprint density at radius 3 is 2.19 bits per heavy atom. The second kappa shape index (κ2) is 12.3. The molecular formula is C31H35N5O6. The van der Waals surface area contributed by atoms with Crippen LogP contribution in [0.25, 0.3) is 11.0 Å². The smallest absolute Gasteiger partial charge is 0.249 e. The number of anilines is 1. The van der Waals surface area contributed by atoms with E-state index in [9.17, 15) is 14.4 Å². The van der Waals surface area contributed by atoms with Gasteiger partial charge in [0.25, 0.3) is 0 Å². The first-order valence-corrected chi connectivity index (χ1v) is 13.3. The van der Waals surface area contributed by atoms with Gasteiger partial charge in [-0.1, -0.05) is 29.5 Å². The molecule has 0 aliphatic heterocycles. The average molecular weight is 574 g/mol. The maximum absolute atomic E-state index is 14.3. The molecule has 0 aliphatic rings. The maximum Gasteiger partial charge on any atom is 0.249 e. The summed E-state index contributed by atoms with van der Waals surface area (Å²) >= 11 is 0. The molecule has 0 aliphatic carbocycles. The van der Waals surface area contributed by atoms with E-state index in [0.29, 0.717) is 45.1 Å². The molecule has 42 heavy (non-hydrogen) atoms. The molecule has 3 aromatic carbocycles. The zero-order chi connectivity index (χ0) is 30.6. The van der Waals surface area contributed by atoms with Crippen molar-refractivity contribution >= 4 is 34.3 Å². The van der Waals surface area contributed by atoms with Crippen molar-refractivity contribution in [3.05, 3.63) is 71.8 Å². The normalized spacial score (nSPS) is 12.0. The number of amides is 2. The molecule has 1 N–H and O–H groups in total. The van der Waals surface area contributed by atoms with Crippen LogP contribution in [0.5, 0.6) is 17.2 Å². The Bertz CT molecular complexity index is 1600. The van der Waals surface area contributed by atoms with Crippen LogP contribution in [0.3, 0.4) is 0 Å². The number of rotatable bonds is 10. The first-order chi connectivity index (χ1) is 20.0. The molecule has 11 heteroatoms. The Morgan fingerprint density at radius 1 is 0.929 bits per heavy atom. The predicted octanol–water partition coefficient (Wildman–Crippen LogP) is 4.35. The monoisotopic (exact) mass is 573 g/mol. The molecule has 0 saturated carbocycles. The quantitative estimate of drug-likeness (QED) is 0.278. The standard InChI is InChI=1S/C31H35N5O6/c1-19(37)20-11-10-12-22(15-20)36(27(38)18-35-24-14-9-8-13-23(24)33-34-35)28(30(39)32-31(2,3)4)21-16-25(40-5)29(42-7)26(17-21)41-6/h8-17,28H,18H2,1-7H3,(H,32,39)/t28-/m0/s1. The summed E-state index contributed by atoms with van der Waals surface area (Å²) in [6, 6.07) is 15.9. The van der Waals surface area contributed by atoms with Crippen LogP contribution in [0, 0.1) is 0 Å². The van der Waals surface area contributed by atoms with E-state index in [0.717, 1.165) is 0 Å². The SMILES string of the molecule is COc1cc([C@@H](C(=O)NC(C)(C)C)N(C(=O)Cn2nnc3ccccc32)c2cccc(C(C)=O)c2)cc(OC)c1OC. The number of ketones is 1. The highest BCUT2D eigenvalue weighted by molar-refractivity contribution is 6.03. The van der Waals surface area contributed by atoms with Gasteiger partial charge in [0, 0.05) is 16.8 Å². The van der Waals surface area contributed by atoms with Crippen LogP contribution < -0.4 is 24.4 Å². The number of carbonyl (C=O) groups is 3. The van der Waals surface area contributed by atoms with Crippen molar-refractivity contribution in [1.82, 2.24) is 20.3 Å². The van der Waals surface area contributed by atoms with Crippen LogP contribution >= 0.6 is 0 Å². The van der Waals surface area contributed by atoms with Crippen molar-refractivity contribution < 1.29 is 28.6 Å². The Labute approximate surface area is 244 Å². The number of benzene rings is 3. The summed E-state index contributed by atoms with van der Waals surface area (Å²) in [5, 5.41) is 11.3. The minimum atomic E-state index is -1.21. The highest BCUT2D eigenvalue weighted by atomic mass is 16.5. The highest BCUT2D eigenvalue weighted by Crippen LogP contribution is 2.42. The summed E-state index contributed by atoms with van der Waals surface area (Å²) in [4.78, 5) is 42.2. The first kappa shape index (κ1) is 30.0. The Kier molecular flexibility index (Phi) is 8.79. The summed E-state index contributed by atoms with van der Waals surface area (Å²) in [5.41, 5.74) is 1.79. The number of carbonyl (C=O) groups excluding carboxylic acids is 3. The molecule has 2 amide bonds. The number of nitrogens with one attached hydrogen (secondary N) is 1. The van der Waals surface area contributed by atoms with Crippen molar-refractivity contribution in [3.63, 3.8) is 0 Å². The van der Waals surface area contributed by atoms with Gasteiger partial charge in [0.15, 0.2) is 17.3 Å². The van der Waals surface area contributed by atoms with Crippen LogP contribution in [-0.2, 0) is 16.1 Å². The number of ether oxygens (including phenoxy) is 3. The molecule has 1 heterocycles. The topological polar surface area (TPSA) is 125 Å². The molecule has 0 bridgehead atoms. The van der Waals surface area contributed by atoms with E-state index in [4.69, 9.17) is 14.2 Å². The second-order valence-electron chi connectivity index (χ2n) is 10.7. The van der Waals surface area contributed by atoms with Crippen LogP contribution in [0.2, 0.25) is 0 Å². The number of hydrogen-bond donors (Lipinski definition) is 1. The van der Waals surface area contributed by atoms with Gasteiger partial charge in [0.1, 0.15) is 18.1 Å². The molecule has 4 aromatic rings. The van der Waals surface area contributed by atoms with Gasteiger partial charge in [-0.25, -0.2) is 4.68 Å². The van der Waals surface area contributed by atoms with Crippen LogP contribution in [0.1, 0.15) is 49.7 Å². The van der Waals surface area contributed by atoms with Gasteiger partial charge >= 0.3 is 0 Å². The van der Waals surface area contributed by atoms with Crippen LogP contribution in [0.4, 0.5) is 5.69 Å². The minimum Gasteiger partial charge on any atom is -0.493 e. The van der Waals surface area contributed by atoms with Gasteiger partial charge in [0.05, 0.1) is 26.8 Å². The minimum absolute atomic E-state index is 0.185. The van der Waals surface area contributed by atoms with Gasteiger partial charge < -0.3 is 19.5 Å². The molecule has 11 nitrogen and oxygen atoms in total. The maximum atomic E-state index is 14.3. The molecule has 0 radical (unpaired) electrons. The van der Waals surface area contributed by atoms with Gasteiger partial charge in [-0.15, -0.1) is 5.10 Å². The van der Waals surface area contributed by atoms with Crippen molar-refractivity contribution in [1.29, 1.82) is 0 Å². The van der Waals surface area contributed by atoms with Gasteiger partial charge in [0.2, 0.25) is 17.6 Å². The Balaban J connectivity index is 1.95. The van der Waals surface area contributed by atoms with Crippen LogP contribution in [0.15, 0.2) is 60.7 Å². The van der Waals surface area contributed by atoms with Crippen molar-refractivity contribution in [2.45, 2.75) is 45.8 Å². The number of methoxy groups -OCH3 is 3. The lowest BCUT2D eigenvalue weighted by molar-refractivity contribution is -0.128. The fourth-order valence-electron chi connectivity index (χ4n) is 4.67. The van der Waals surface area contributed by atoms with Crippen molar-refractivity contribution in [2.24, 2.45) is 0 Å². The second-order valence-corrected chi connectivity index (χ2v) is 10.7. The summed E-state index contributed by atoms with van der Waals surface area (Å²) in [6.07, 6.45) is 0. The Morgan fingerprint density at radius 2 is 1.60 bits per heavy atom. The third-order valence-electron chi connectivity index (χ3n) is 6.51. The first-order valence-electron chi connectivity index (χ1n) is 13.3. The van der Waals surface area contributed by atoms with Gasteiger partial charge in [-0.2, -0.15) is 0 Å². The fraction of sp³-hybridized carbons (Fsp3) is 0.323. The van der Waals surface area contributed by atoms with E-state index >= 15 is 0 Å². The molecule has 220 valence electrons. The number of aromatic nitrogens is 3. The molecule has 4 rings (SSSR count). The van der Waals surface area contributed by atoms with E-state index in [1.807, 2.05) is 39.0 Å². The van der Waals surface area contributed by atoms with Gasteiger partial charge in [-0.3, -0.25) is 19.3 Å². The lowest BCUT2D eigenvalue weighted by Gasteiger charge is -2.34. The van der Waals surface area contributed by atoms with Crippen LogP contribution in [-0.4, -0.2) is 59.5 Å².